The maximum atomic E-state index is 11.9. The molecule has 4 unspecified atom stereocenters. The molecule has 0 spiro atoms. The molecule has 5 N–H and O–H groups in total. The Labute approximate surface area is 183 Å². The minimum atomic E-state index is -0.995. The van der Waals surface area contributed by atoms with Crippen LogP contribution in [0.2, 0.25) is 0 Å². The van der Waals surface area contributed by atoms with Gasteiger partial charge in [-0.05, 0) is 81.0 Å². The van der Waals surface area contributed by atoms with Gasteiger partial charge in [0, 0.05) is 18.6 Å². The number of carboxylic acid groups (broad SMARTS) is 1. The third kappa shape index (κ3) is 5.75. The number of hydrogen-bond donors (Lipinski definition) is 4. The molecule has 3 rings (SSSR count). The topological polar surface area (TPSA) is 131 Å². The maximum absolute atomic E-state index is 11.9. The van der Waals surface area contributed by atoms with E-state index >= 15 is 0 Å². The highest BCUT2D eigenvalue weighted by molar-refractivity contribution is 5.69. The number of aliphatic hydroxyl groups is 1. The Morgan fingerprint density at radius 2 is 2.19 bits per heavy atom. The zero-order chi connectivity index (χ0) is 22.4. The van der Waals surface area contributed by atoms with Gasteiger partial charge in [0.05, 0.1) is 0 Å². The van der Waals surface area contributed by atoms with Crippen molar-refractivity contribution >= 4 is 11.9 Å². The van der Waals surface area contributed by atoms with Crippen molar-refractivity contribution in [1.29, 1.82) is 0 Å². The van der Waals surface area contributed by atoms with Crippen LogP contribution in [0.3, 0.4) is 0 Å². The molecule has 8 nitrogen and oxygen atoms in total. The molecule has 4 atom stereocenters. The summed E-state index contributed by atoms with van der Waals surface area (Å²) in [4.78, 5) is 22.8. The van der Waals surface area contributed by atoms with Crippen LogP contribution in [-0.4, -0.2) is 54.2 Å². The van der Waals surface area contributed by atoms with Gasteiger partial charge in [0.15, 0.2) is 12.8 Å². The summed E-state index contributed by atoms with van der Waals surface area (Å²) in [6.07, 6.45) is 5.38. The van der Waals surface area contributed by atoms with Crippen molar-refractivity contribution in [2.45, 2.75) is 63.1 Å². The van der Waals surface area contributed by atoms with E-state index in [0.29, 0.717) is 36.8 Å². The van der Waals surface area contributed by atoms with E-state index in [4.69, 9.17) is 25.4 Å². The second-order valence-corrected chi connectivity index (χ2v) is 8.77. The molecule has 0 heterocycles. The number of aliphatic carboxylic acids is 1. The standard InChI is InChI=1S/C23H34N2O6/c1-25-20(31-22(29)6-3-11-26)8-7-15-9-10-23(24)13-17-16(12-18(15)23)4-2-5-19(17)30-14-21(27)28/h2,4-5,15,18,20,25-26H,3,6-14,24H2,1H3,(H,27,28). The van der Waals surface area contributed by atoms with Gasteiger partial charge in [0.25, 0.3) is 0 Å². The van der Waals surface area contributed by atoms with E-state index in [1.807, 2.05) is 12.1 Å². The molecule has 0 saturated heterocycles. The van der Waals surface area contributed by atoms with Crippen LogP contribution in [0.5, 0.6) is 5.75 Å². The summed E-state index contributed by atoms with van der Waals surface area (Å²) in [6.45, 7) is -0.380. The van der Waals surface area contributed by atoms with Gasteiger partial charge in [-0.1, -0.05) is 12.1 Å². The molecule has 0 bridgehead atoms. The molecule has 31 heavy (non-hydrogen) atoms. The van der Waals surface area contributed by atoms with Gasteiger partial charge in [-0.3, -0.25) is 10.1 Å². The van der Waals surface area contributed by atoms with Crippen molar-refractivity contribution in [1.82, 2.24) is 5.32 Å². The summed E-state index contributed by atoms with van der Waals surface area (Å²) in [5, 5.41) is 20.9. The molecular weight excluding hydrogens is 400 g/mol. The summed E-state index contributed by atoms with van der Waals surface area (Å²) in [6, 6.07) is 5.81. The van der Waals surface area contributed by atoms with Crippen LogP contribution in [-0.2, 0) is 27.2 Å². The van der Waals surface area contributed by atoms with E-state index in [2.05, 4.69) is 11.4 Å². The number of carbonyl (C=O) groups excluding carboxylic acids is 1. The molecule has 2 aliphatic carbocycles. The third-order valence-corrected chi connectivity index (χ3v) is 6.75. The van der Waals surface area contributed by atoms with Gasteiger partial charge in [0.2, 0.25) is 0 Å². The van der Waals surface area contributed by atoms with Crippen LogP contribution in [0.25, 0.3) is 0 Å². The summed E-state index contributed by atoms with van der Waals surface area (Å²) >= 11 is 0. The van der Waals surface area contributed by atoms with Crippen molar-refractivity contribution in [3.8, 4) is 5.75 Å². The number of aliphatic hydroxyl groups excluding tert-OH is 1. The SMILES string of the molecule is CNC(CCC1CCC2(N)Cc3c(cccc3OCC(=O)O)CC12)OC(=O)CCCO. The van der Waals surface area contributed by atoms with E-state index in [-0.39, 0.29) is 37.4 Å². The molecule has 1 aromatic carbocycles. The van der Waals surface area contributed by atoms with Gasteiger partial charge in [-0.2, -0.15) is 0 Å². The van der Waals surface area contributed by atoms with Crippen molar-refractivity contribution < 1.29 is 29.3 Å². The molecule has 172 valence electrons. The summed E-state index contributed by atoms with van der Waals surface area (Å²) < 4.78 is 11.0. The predicted molar refractivity (Wildman–Crippen MR) is 115 cm³/mol. The normalized spacial score (nSPS) is 25.4. The quantitative estimate of drug-likeness (QED) is 0.305. The van der Waals surface area contributed by atoms with Crippen molar-refractivity contribution in [2.75, 3.05) is 20.3 Å². The number of hydrogen-bond acceptors (Lipinski definition) is 7. The lowest BCUT2D eigenvalue weighted by Gasteiger charge is -2.40. The zero-order valence-corrected chi connectivity index (χ0v) is 18.1. The molecule has 8 heteroatoms. The molecule has 0 aromatic heterocycles. The molecule has 1 saturated carbocycles. The number of nitrogens with one attached hydrogen (secondary N) is 1. The number of esters is 1. The van der Waals surface area contributed by atoms with Crippen LogP contribution in [0.15, 0.2) is 18.2 Å². The Hall–Kier alpha value is -2.16. The second kappa shape index (κ2) is 10.4. The molecular formula is C23H34N2O6. The van der Waals surface area contributed by atoms with Crippen LogP contribution >= 0.6 is 0 Å². The Morgan fingerprint density at radius 1 is 1.39 bits per heavy atom. The largest absolute Gasteiger partial charge is 0.482 e. The summed E-state index contributed by atoms with van der Waals surface area (Å²) in [7, 11) is 1.78. The first kappa shape index (κ1) is 23.5. The first-order valence-electron chi connectivity index (χ1n) is 11.1. The molecule has 2 aliphatic rings. The van der Waals surface area contributed by atoms with E-state index in [9.17, 15) is 9.59 Å². The highest BCUT2D eigenvalue weighted by Gasteiger charge is 2.48. The fourth-order valence-corrected chi connectivity index (χ4v) is 5.16. The van der Waals surface area contributed by atoms with Crippen molar-refractivity contribution in [3.63, 3.8) is 0 Å². The molecule has 0 amide bonds. The first-order chi connectivity index (χ1) is 14.9. The monoisotopic (exact) mass is 434 g/mol. The molecule has 1 fully saturated rings. The third-order valence-electron chi connectivity index (χ3n) is 6.75. The number of carboxylic acids is 1. The smallest absolute Gasteiger partial charge is 0.341 e. The molecule has 0 aliphatic heterocycles. The fourth-order valence-electron chi connectivity index (χ4n) is 5.16. The molecule has 1 aromatic rings. The highest BCUT2D eigenvalue weighted by atomic mass is 16.6. The average Bonchev–Trinajstić information content (AvgIpc) is 3.07. The number of rotatable bonds is 11. The highest BCUT2D eigenvalue weighted by Crippen LogP contribution is 2.49. The number of carbonyl (C=O) groups is 2. The fraction of sp³-hybridized carbons (Fsp3) is 0.652. The van der Waals surface area contributed by atoms with Gasteiger partial charge < -0.3 is 25.4 Å². The summed E-state index contributed by atoms with van der Waals surface area (Å²) in [5.74, 6) is 0.0991. The van der Waals surface area contributed by atoms with Crippen molar-refractivity contribution in [3.05, 3.63) is 29.3 Å². The van der Waals surface area contributed by atoms with Gasteiger partial charge >= 0.3 is 11.9 Å². The number of benzene rings is 1. The van der Waals surface area contributed by atoms with E-state index in [0.717, 1.165) is 31.2 Å². The Kier molecular flexibility index (Phi) is 7.91. The second-order valence-electron chi connectivity index (χ2n) is 8.77. The van der Waals surface area contributed by atoms with Crippen LogP contribution in [0.1, 0.15) is 49.7 Å². The Bertz CT molecular complexity index is 785. The van der Waals surface area contributed by atoms with Crippen LogP contribution in [0, 0.1) is 11.8 Å². The Balaban J connectivity index is 1.63. The number of nitrogens with two attached hydrogens (primary N) is 1. The van der Waals surface area contributed by atoms with Crippen molar-refractivity contribution in [2.24, 2.45) is 17.6 Å². The van der Waals surface area contributed by atoms with E-state index in [1.165, 1.54) is 5.56 Å². The van der Waals surface area contributed by atoms with Gasteiger partial charge in [-0.15, -0.1) is 0 Å². The van der Waals surface area contributed by atoms with E-state index in [1.54, 1.807) is 7.05 Å². The lowest BCUT2D eigenvalue weighted by molar-refractivity contribution is -0.151. The zero-order valence-electron chi connectivity index (χ0n) is 18.1. The Morgan fingerprint density at radius 3 is 2.90 bits per heavy atom. The molecule has 0 radical (unpaired) electrons. The maximum Gasteiger partial charge on any atom is 0.341 e. The first-order valence-corrected chi connectivity index (χ1v) is 11.1. The van der Waals surface area contributed by atoms with Gasteiger partial charge in [0.1, 0.15) is 5.75 Å². The average molecular weight is 435 g/mol. The number of fused-ring (bicyclic) bond motifs is 2. The van der Waals surface area contributed by atoms with Crippen LogP contribution < -0.4 is 15.8 Å². The predicted octanol–water partition coefficient (Wildman–Crippen LogP) is 1.61. The summed E-state index contributed by atoms with van der Waals surface area (Å²) in [5.41, 5.74) is 8.76. The number of ether oxygens (including phenoxy) is 2. The minimum absolute atomic E-state index is 0.0216. The minimum Gasteiger partial charge on any atom is -0.482 e. The van der Waals surface area contributed by atoms with E-state index < -0.39 is 5.97 Å². The lowest BCUT2D eigenvalue weighted by Crippen LogP contribution is -2.50. The van der Waals surface area contributed by atoms with Crippen LogP contribution in [0.4, 0.5) is 0 Å². The van der Waals surface area contributed by atoms with Gasteiger partial charge in [-0.25, -0.2) is 4.79 Å². The lowest BCUT2D eigenvalue weighted by atomic mass is 9.69.